The first-order valence-electron chi connectivity index (χ1n) is 20.6. The lowest BCUT2D eigenvalue weighted by Crippen LogP contribution is -2.59. The van der Waals surface area contributed by atoms with Gasteiger partial charge in [-0.1, -0.05) is 77.7 Å². The van der Waals surface area contributed by atoms with Crippen molar-refractivity contribution in [2.45, 2.75) is 168 Å². The minimum atomic E-state index is -0.806. The van der Waals surface area contributed by atoms with Crippen LogP contribution in [0, 0.1) is 46.3 Å². The van der Waals surface area contributed by atoms with E-state index in [0.29, 0.717) is 12.0 Å². The average Bonchev–Trinajstić information content (AvgIpc) is 3.63. The van der Waals surface area contributed by atoms with E-state index in [4.69, 9.17) is 28.4 Å². The standard InChI is InChI=1S/C44H68O7/c1-27(2)10-9-11-28(3)34-18-19-35-33-17-14-30-24-32(20-22-43(30,6)36(33)21-23-44(34,35)7)48-41-40(47-26-29-12-15-31(46-8)16-13-29)39-38(37(25-45)49-41)50-42(4,5)51-39/h12-16,27-28,32-41,45H,9-11,17-26H2,1-8H3/t28-,32+,33+,34-,35+,36+,37-,38+,39+,40-,41-,43+,44-/m1/s1. The van der Waals surface area contributed by atoms with Crippen LogP contribution in [0.25, 0.3) is 0 Å². The van der Waals surface area contributed by atoms with Crippen LogP contribution in [-0.2, 0) is 30.3 Å². The van der Waals surface area contributed by atoms with E-state index in [0.717, 1.165) is 66.1 Å². The van der Waals surface area contributed by atoms with Gasteiger partial charge >= 0.3 is 0 Å². The molecule has 7 rings (SSSR count). The molecule has 4 aliphatic carbocycles. The molecular weight excluding hydrogens is 640 g/mol. The van der Waals surface area contributed by atoms with E-state index in [2.05, 4.69) is 40.7 Å². The van der Waals surface area contributed by atoms with E-state index in [1.165, 1.54) is 51.4 Å². The van der Waals surface area contributed by atoms with Gasteiger partial charge in [0, 0.05) is 0 Å². The fourth-order valence-electron chi connectivity index (χ4n) is 12.1. The largest absolute Gasteiger partial charge is 0.497 e. The summed E-state index contributed by atoms with van der Waals surface area (Å²) in [4.78, 5) is 0. The molecule has 0 aromatic heterocycles. The summed E-state index contributed by atoms with van der Waals surface area (Å²) in [6.45, 7) is 16.6. The molecule has 1 aromatic rings. The van der Waals surface area contributed by atoms with Crippen LogP contribution < -0.4 is 4.74 Å². The van der Waals surface area contributed by atoms with Gasteiger partial charge in [0.2, 0.25) is 0 Å². The van der Waals surface area contributed by atoms with Gasteiger partial charge in [0.25, 0.3) is 0 Å². The first kappa shape index (κ1) is 37.8. The summed E-state index contributed by atoms with van der Waals surface area (Å²) in [7, 11) is 1.67. The minimum Gasteiger partial charge on any atom is -0.497 e. The molecule has 0 unspecified atom stereocenters. The number of rotatable bonds is 12. The van der Waals surface area contributed by atoms with Gasteiger partial charge in [-0.2, -0.15) is 0 Å². The number of ether oxygens (including phenoxy) is 6. The van der Waals surface area contributed by atoms with Gasteiger partial charge in [0.15, 0.2) is 12.1 Å². The van der Waals surface area contributed by atoms with Gasteiger partial charge in [-0.25, -0.2) is 0 Å². The molecule has 1 aromatic carbocycles. The molecule has 7 nitrogen and oxygen atoms in total. The number of aliphatic hydroxyl groups excluding tert-OH is 1. The summed E-state index contributed by atoms with van der Waals surface area (Å²) in [5.74, 6) is 4.98. The number of benzene rings is 1. The van der Waals surface area contributed by atoms with Crippen molar-refractivity contribution in [2.75, 3.05) is 13.7 Å². The zero-order valence-corrected chi connectivity index (χ0v) is 32.9. The van der Waals surface area contributed by atoms with Crippen LogP contribution in [-0.4, -0.2) is 61.4 Å². The normalized spacial score (nSPS) is 42.0. The highest BCUT2D eigenvalue weighted by Crippen LogP contribution is 2.67. The lowest BCUT2D eigenvalue weighted by molar-refractivity contribution is -0.306. The first-order chi connectivity index (χ1) is 24.3. The molecule has 13 atom stereocenters. The lowest BCUT2D eigenvalue weighted by atomic mass is 9.47. The Morgan fingerprint density at radius 2 is 1.67 bits per heavy atom. The summed E-state index contributed by atoms with van der Waals surface area (Å²) in [6, 6.07) is 7.92. The molecule has 51 heavy (non-hydrogen) atoms. The zero-order valence-electron chi connectivity index (χ0n) is 32.9. The molecule has 0 amide bonds. The molecule has 5 fully saturated rings. The van der Waals surface area contributed by atoms with E-state index < -0.39 is 36.5 Å². The van der Waals surface area contributed by atoms with Gasteiger partial charge in [-0.15, -0.1) is 0 Å². The third-order valence-electron chi connectivity index (χ3n) is 14.8. The smallest absolute Gasteiger partial charge is 0.187 e. The molecule has 2 saturated heterocycles. The Hall–Kier alpha value is -1.48. The predicted octanol–water partition coefficient (Wildman–Crippen LogP) is 9.24. The average molecular weight is 709 g/mol. The highest BCUT2D eigenvalue weighted by molar-refractivity contribution is 5.27. The third-order valence-corrected chi connectivity index (χ3v) is 14.8. The van der Waals surface area contributed by atoms with Gasteiger partial charge in [-0.3, -0.25) is 0 Å². The molecule has 2 heterocycles. The number of aliphatic hydroxyl groups is 1. The second-order valence-electron chi connectivity index (χ2n) is 18.7. The second-order valence-corrected chi connectivity index (χ2v) is 18.7. The number of methoxy groups -OCH3 is 1. The summed E-state index contributed by atoms with van der Waals surface area (Å²) in [6.07, 6.45) is 14.2. The molecule has 0 bridgehead atoms. The number of allylic oxidation sites excluding steroid dienone is 1. The van der Waals surface area contributed by atoms with Crippen LogP contribution >= 0.6 is 0 Å². The quantitative estimate of drug-likeness (QED) is 0.217. The summed E-state index contributed by atoms with van der Waals surface area (Å²) >= 11 is 0. The van der Waals surface area contributed by atoms with Crippen molar-refractivity contribution in [2.24, 2.45) is 46.3 Å². The zero-order chi connectivity index (χ0) is 36.1. The number of hydrogen-bond acceptors (Lipinski definition) is 7. The first-order valence-corrected chi connectivity index (χ1v) is 20.6. The fraction of sp³-hybridized carbons (Fsp3) is 0.818. The Morgan fingerprint density at radius 3 is 2.39 bits per heavy atom. The molecule has 0 radical (unpaired) electrons. The Bertz CT molecular complexity index is 1360. The summed E-state index contributed by atoms with van der Waals surface area (Å²) in [5, 5.41) is 10.4. The fourth-order valence-corrected chi connectivity index (χ4v) is 12.1. The molecule has 6 aliphatic rings. The Kier molecular flexibility index (Phi) is 11.1. The van der Waals surface area contributed by atoms with Crippen molar-refractivity contribution in [3.05, 3.63) is 41.5 Å². The van der Waals surface area contributed by atoms with Gasteiger partial charge in [-0.05, 0) is 129 Å². The molecule has 286 valence electrons. The monoisotopic (exact) mass is 708 g/mol. The SMILES string of the molecule is COc1ccc(CO[C@H]2[C@H](O[C@H]3CC[C@@]4(C)C(=CC[C@H]5[C@@H]6CC[C@H]([C@H](C)CCCC(C)C)[C@@]6(C)CC[C@@H]54)C3)O[C@H](CO)[C@@H]3OC(C)(C)O[C@@H]32)cc1. The summed E-state index contributed by atoms with van der Waals surface area (Å²) in [5.41, 5.74) is 3.38. The number of fused-ring (bicyclic) bond motifs is 6. The molecular formula is C44H68O7. The van der Waals surface area contributed by atoms with Crippen LogP contribution in [0.3, 0.4) is 0 Å². The highest BCUT2D eigenvalue weighted by atomic mass is 16.8. The maximum atomic E-state index is 10.4. The molecule has 1 N–H and O–H groups in total. The Balaban J connectivity index is 1.04. The van der Waals surface area contributed by atoms with Crippen LogP contribution in [0.1, 0.15) is 125 Å². The van der Waals surface area contributed by atoms with E-state index >= 15 is 0 Å². The van der Waals surface area contributed by atoms with E-state index in [1.807, 2.05) is 38.1 Å². The van der Waals surface area contributed by atoms with Crippen LogP contribution in [0.2, 0.25) is 0 Å². The second kappa shape index (κ2) is 15.0. The van der Waals surface area contributed by atoms with Crippen LogP contribution in [0.4, 0.5) is 0 Å². The lowest BCUT2D eigenvalue weighted by Gasteiger charge is -2.58. The Labute approximate surface area is 308 Å². The van der Waals surface area contributed by atoms with Gasteiger partial charge in [0.1, 0.15) is 30.2 Å². The summed E-state index contributed by atoms with van der Waals surface area (Å²) < 4.78 is 38.1. The van der Waals surface area contributed by atoms with Gasteiger partial charge < -0.3 is 33.5 Å². The van der Waals surface area contributed by atoms with E-state index in [1.54, 1.807) is 12.7 Å². The van der Waals surface area contributed by atoms with Crippen LogP contribution in [0.15, 0.2) is 35.9 Å². The van der Waals surface area contributed by atoms with Crippen molar-refractivity contribution < 1.29 is 33.5 Å². The maximum Gasteiger partial charge on any atom is 0.187 e. The Morgan fingerprint density at radius 1 is 0.902 bits per heavy atom. The van der Waals surface area contributed by atoms with Crippen molar-refractivity contribution in [1.82, 2.24) is 0 Å². The minimum absolute atomic E-state index is 0.0283. The van der Waals surface area contributed by atoms with Crippen LogP contribution in [0.5, 0.6) is 5.75 Å². The van der Waals surface area contributed by atoms with E-state index in [9.17, 15) is 5.11 Å². The van der Waals surface area contributed by atoms with Crippen molar-refractivity contribution >= 4 is 0 Å². The number of hydrogen-bond donors (Lipinski definition) is 1. The topological polar surface area (TPSA) is 75.6 Å². The predicted molar refractivity (Wildman–Crippen MR) is 199 cm³/mol. The molecule has 2 aliphatic heterocycles. The van der Waals surface area contributed by atoms with Crippen molar-refractivity contribution in [1.29, 1.82) is 0 Å². The third kappa shape index (κ3) is 7.35. The van der Waals surface area contributed by atoms with Gasteiger partial charge in [0.05, 0.1) is 26.4 Å². The maximum absolute atomic E-state index is 10.4. The highest BCUT2D eigenvalue weighted by Gasteiger charge is 2.60. The molecule has 7 heteroatoms. The van der Waals surface area contributed by atoms with Crippen molar-refractivity contribution in [3.63, 3.8) is 0 Å². The molecule has 0 spiro atoms. The van der Waals surface area contributed by atoms with E-state index in [-0.39, 0.29) is 18.1 Å². The molecule has 3 saturated carbocycles. The van der Waals surface area contributed by atoms with Crippen molar-refractivity contribution in [3.8, 4) is 5.75 Å².